The van der Waals surface area contributed by atoms with Gasteiger partial charge in [0.25, 0.3) is 0 Å². The zero-order chi connectivity index (χ0) is 23.5. The van der Waals surface area contributed by atoms with E-state index in [0.717, 1.165) is 46.5 Å². The Morgan fingerprint density at radius 1 is 1.00 bits per heavy atom. The summed E-state index contributed by atoms with van der Waals surface area (Å²) in [4.78, 5) is 33.6. The number of esters is 1. The van der Waals surface area contributed by atoms with Crippen molar-refractivity contribution in [2.45, 2.75) is 70.3 Å². The van der Waals surface area contributed by atoms with Crippen LogP contribution in [0, 0.1) is 0 Å². The van der Waals surface area contributed by atoms with Crippen LogP contribution in [0.15, 0.2) is 57.5 Å². The second kappa shape index (κ2) is 13.7. The summed E-state index contributed by atoms with van der Waals surface area (Å²) in [6.45, 7) is 3.62. The number of rotatable bonds is 7. The van der Waals surface area contributed by atoms with Crippen molar-refractivity contribution in [1.29, 1.82) is 0 Å². The maximum Gasteiger partial charge on any atom is 0.306 e. The van der Waals surface area contributed by atoms with E-state index < -0.39 is 0 Å². The molecular weight excluding hydrogens is 536 g/mol. The summed E-state index contributed by atoms with van der Waals surface area (Å²) in [5.41, 5.74) is 2.30. The molecule has 0 N–H and O–H groups in total. The molecule has 0 radical (unpaired) electrons. The number of hydrogen-bond donors (Lipinski definition) is 0. The van der Waals surface area contributed by atoms with E-state index in [0.29, 0.717) is 18.1 Å². The van der Waals surface area contributed by atoms with Crippen LogP contribution in [0.3, 0.4) is 0 Å². The fourth-order valence-corrected chi connectivity index (χ4v) is 4.16. The minimum Gasteiger partial charge on any atom is -0.463 e. The SMILES string of the molecule is CC(C)OC(=O)CCC(C=O)c1ccc(Br)cc1.O=C1CCC(c2ccc(Br)cc2)CC1. The average molecular weight is 566 g/mol. The minimum absolute atomic E-state index is 0.111. The summed E-state index contributed by atoms with van der Waals surface area (Å²) >= 11 is 6.77. The number of ether oxygens (including phenoxy) is 1. The number of carbonyl (C=O) groups excluding carboxylic acids is 3. The number of aldehydes is 1. The summed E-state index contributed by atoms with van der Waals surface area (Å²) in [7, 11) is 0. The Morgan fingerprint density at radius 2 is 1.53 bits per heavy atom. The van der Waals surface area contributed by atoms with Gasteiger partial charge in [0, 0.05) is 34.1 Å². The fourth-order valence-electron chi connectivity index (χ4n) is 3.63. The largest absolute Gasteiger partial charge is 0.463 e. The fraction of sp³-hybridized carbons (Fsp3) is 0.423. The normalized spacial score (nSPS) is 15.0. The first-order chi connectivity index (χ1) is 15.3. The molecule has 0 aromatic heterocycles. The molecule has 1 unspecified atom stereocenters. The standard InChI is InChI=1S/C14H17BrO3.C12H13BrO/c1-10(2)18-14(17)8-5-12(9-16)11-3-6-13(15)7-4-11;13-11-5-1-9(2-6-11)10-3-7-12(14)8-4-10/h3-4,6-7,9-10,12H,5,8H2,1-2H3;1-2,5-6,10H,3-4,7-8H2. The molecule has 0 amide bonds. The molecule has 0 bridgehead atoms. The van der Waals surface area contributed by atoms with Crippen LogP contribution in [0.1, 0.15) is 75.3 Å². The van der Waals surface area contributed by atoms with E-state index in [1.54, 1.807) is 0 Å². The van der Waals surface area contributed by atoms with Crippen LogP contribution >= 0.6 is 31.9 Å². The number of hydrogen-bond acceptors (Lipinski definition) is 4. The Morgan fingerprint density at radius 3 is 2.03 bits per heavy atom. The summed E-state index contributed by atoms with van der Waals surface area (Å²) in [6, 6.07) is 16.0. The number of carbonyl (C=O) groups is 3. The van der Waals surface area contributed by atoms with Gasteiger partial charge < -0.3 is 9.53 Å². The summed E-state index contributed by atoms with van der Waals surface area (Å²) in [5, 5.41) is 0. The highest BCUT2D eigenvalue weighted by atomic mass is 79.9. The molecule has 1 aliphatic rings. The first kappa shape index (κ1) is 26.5. The molecule has 3 rings (SSSR count). The van der Waals surface area contributed by atoms with E-state index in [1.165, 1.54) is 5.56 Å². The van der Waals surface area contributed by atoms with Crippen molar-refractivity contribution in [3.63, 3.8) is 0 Å². The van der Waals surface area contributed by atoms with Gasteiger partial charge in [-0.05, 0) is 74.4 Å². The molecule has 0 heterocycles. The molecule has 0 saturated heterocycles. The van der Waals surface area contributed by atoms with Crippen molar-refractivity contribution in [1.82, 2.24) is 0 Å². The van der Waals surface area contributed by atoms with Gasteiger partial charge in [-0.2, -0.15) is 0 Å². The quantitative estimate of drug-likeness (QED) is 0.264. The highest BCUT2D eigenvalue weighted by molar-refractivity contribution is 9.10. The molecule has 4 nitrogen and oxygen atoms in total. The molecule has 1 fully saturated rings. The van der Waals surface area contributed by atoms with Gasteiger partial charge in [0.15, 0.2) is 0 Å². The average Bonchev–Trinajstić information content (AvgIpc) is 2.76. The van der Waals surface area contributed by atoms with Gasteiger partial charge in [-0.1, -0.05) is 56.1 Å². The Hall–Kier alpha value is -1.79. The van der Waals surface area contributed by atoms with Crippen LogP contribution in [-0.2, 0) is 19.1 Å². The van der Waals surface area contributed by atoms with Crippen LogP contribution in [0.2, 0.25) is 0 Å². The van der Waals surface area contributed by atoms with Crippen molar-refractivity contribution in [3.05, 3.63) is 68.6 Å². The van der Waals surface area contributed by atoms with E-state index in [1.807, 2.05) is 38.1 Å². The molecular formula is C26H30Br2O4. The first-order valence-corrected chi connectivity index (χ1v) is 12.5. The molecule has 6 heteroatoms. The van der Waals surface area contributed by atoms with Crippen molar-refractivity contribution >= 4 is 49.9 Å². The van der Waals surface area contributed by atoms with Gasteiger partial charge in [-0.15, -0.1) is 0 Å². The molecule has 1 aliphatic carbocycles. The minimum atomic E-state index is -0.256. The molecule has 172 valence electrons. The van der Waals surface area contributed by atoms with Crippen LogP contribution in [0.5, 0.6) is 0 Å². The number of halogens is 2. The van der Waals surface area contributed by atoms with Gasteiger partial charge in [0.1, 0.15) is 12.1 Å². The topological polar surface area (TPSA) is 60.4 Å². The second-order valence-electron chi connectivity index (χ2n) is 8.24. The maximum atomic E-state index is 11.4. The number of Topliss-reactive ketones (excluding diaryl/α,β-unsaturated/α-hetero) is 1. The smallest absolute Gasteiger partial charge is 0.306 e. The molecule has 0 spiro atoms. The summed E-state index contributed by atoms with van der Waals surface area (Å²) in [5.74, 6) is 0.519. The molecule has 32 heavy (non-hydrogen) atoms. The van der Waals surface area contributed by atoms with Gasteiger partial charge in [-0.3, -0.25) is 9.59 Å². The monoisotopic (exact) mass is 564 g/mol. The lowest BCUT2D eigenvalue weighted by molar-refractivity contribution is -0.147. The maximum absolute atomic E-state index is 11.4. The molecule has 2 aromatic rings. The predicted octanol–water partition coefficient (Wildman–Crippen LogP) is 7.14. The van der Waals surface area contributed by atoms with Crippen molar-refractivity contribution in [2.75, 3.05) is 0 Å². The van der Waals surface area contributed by atoms with Crippen LogP contribution < -0.4 is 0 Å². The van der Waals surface area contributed by atoms with E-state index in [-0.39, 0.29) is 24.4 Å². The van der Waals surface area contributed by atoms with E-state index in [4.69, 9.17) is 4.74 Å². The number of benzene rings is 2. The molecule has 0 aliphatic heterocycles. The molecule has 1 atom stereocenters. The zero-order valence-corrected chi connectivity index (χ0v) is 21.7. The second-order valence-corrected chi connectivity index (χ2v) is 10.1. The van der Waals surface area contributed by atoms with Crippen LogP contribution in [0.4, 0.5) is 0 Å². The van der Waals surface area contributed by atoms with Gasteiger partial charge in [0.05, 0.1) is 6.10 Å². The first-order valence-electron chi connectivity index (χ1n) is 11.0. The van der Waals surface area contributed by atoms with E-state index >= 15 is 0 Å². The van der Waals surface area contributed by atoms with E-state index in [9.17, 15) is 14.4 Å². The van der Waals surface area contributed by atoms with Crippen molar-refractivity contribution in [2.24, 2.45) is 0 Å². The molecule has 1 saturated carbocycles. The van der Waals surface area contributed by atoms with Crippen molar-refractivity contribution < 1.29 is 19.1 Å². The van der Waals surface area contributed by atoms with Gasteiger partial charge in [0.2, 0.25) is 0 Å². The Bertz CT molecular complexity index is 866. The Kier molecular flexibility index (Phi) is 11.3. The predicted molar refractivity (Wildman–Crippen MR) is 134 cm³/mol. The highest BCUT2D eigenvalue weighted by Gasteiger charge is 2.19. The third kappa shape index (κ3) is 9.37. The van der Waals surface area contributed by atoms with Crippen molar-refractivity contribution in [3.8, 4) is 0 Å². The third-order valence-electron chi connectivity index (χ3n) is 5.37. The number of ketones is 1. The van der Waals surface area contributed by atoms with Gasteiger partial charge in [-0.25, -0.2) is 0 Å². The molecule has 2 aromatic carbocycles. The summed E-state index contributed by atoms with van der Waals surface area (Å²) < 4.78 is 7.12. The van der Waals surface area contributed by atoms with E-state index in [2.05, 4.69) is 56.1 Å². The van der Waals surface area contributed by atoms with Crippen LogP contribution in [-0.4, -0.2) is 24.1 Å². The Balaban J connectivity index is 0.000000233. The zero-order valence-electron chi connectivity index (χ0n) is 18.6. The lowest BCUT2D eigenvalue weighted by Crippen LogP contribution is -2.13. The van der Waals surface area contributed by atoms with Gasteiger partial charge >= 0.3 is 5.97 Å². The van der Waals surface area contributed by atoms with Crippen LogP contribution in [0.25, 0.3) is 0 Å². The Labute approximate surface area is 207 Å². The summed E-state index contributed by atoms with van der Waals surface area (Å²) in [6.07, 6.45) is 5.10. The lowest BCUT2D eigenvalue weighted by atomic mass is 9.83. The third-order valence-corrected chi connectivity index (χ3v) is 6.43. The highest BCUT2D eigenvalue weighted by Crippen LogP contribution is 2.31. The lowest BCUT2D eigenvalue weighted by Gasteiger charge is -2.21.